The molecule has 23 heavy (non-hydrogen) atoms. The first-order valence-corrected chi connectivity index (χ1v) is 9.34. The lowest BCUT2D eigenvalue weighted by Crippen LogP contribution is -2.31. The molecule has 0 saturated heterocycles. The third-order valence-electron chi connectivity index (χ3n) is 4.75. The first-order chi connectivity index (χ1) is 11.0. The zero-order valence-electron chi connectivity index (χ0n) is 12.5. The highest BCUT2D eigenvalue weighted by Crippen LogP contribution is 2.63. The smallest absolute Gasteiger partial charge is 0.182 e. The molecule has 0 unspecified atom stereocenters. The topological polar surface area (TPSA) is 86.2 Å². The average Bonchev–Trinajstić information content (AvgIpc) is 3.26. The van der Waals surface area contributed by atoms with Crippen LogP contribution in [0.25, 0.3) is 0 Å². The van der Waals surface area contributed by atoms with Crippen LogP contribution < -0.4 is 11.5 Å². The lowest BCUT2D eigenvalue weighted by molar-refractivity contribution is 0.510. The van der Waals surface area contributed by atoms with Gasteiger partial charge in [0.2, 0.25) is 0 Å². The molecule has 4 nitrogen and oxygen atoms in total. The number of hydrogen-bond donors (Lipinski definition) is 2. The largest absolute Gasteiger partial charge is 0.330 e. The maximum Gasteiger partial charge on any atom is 0.182 e. The van der Waals surface area contributed by atoms with Crippen molar-refractivity contribution >= 4 is 21.4 Å². The number of hydrogen-bond acceptors (Lipinski definition) is 4. The molecular weight excluding hydrogens is 332 g/mol. The Morgan fingerprint density at radius 2 is 1.65 bits per heavy atom. The van der Waals surface area contributed by atoms with Crippen molar-refractivity contribution in [1.29, 1.82) is 0 Å². The Morgan fingerprint density at radius 1 is 1.00 bits per heavy atom. The second kappa shape index (κ2) is 5.91. The molecule has 1 fully saturated rings. The maximum atomic E-state index is 13.1. The van der Waals surface area contributed by atoms with E-state index in [9.17, 15) is 8.42 Å². The normalized spacial score (nSPS) is 22.7. The molecule has 1 aliphatic rings. The highest BCUT2D eigenvalue weighted by atomic mass is 35.5. The van der Waals surface area contributed by atoms with Gasteiger partial charge in [0, 0.05) is 29.4 Å². The molecule has 6 heteroatoms. The summed E-state index contributed by atoms with van der Waals surface area (Å²) < 4.78 is 26.1. The molecule has 1 saturated carbocycles. The fourth-order valence-corrected chi connectivity index (χ4v) is 6.17. The Balaban J connectivity index is 2.07. The van der Waals surface area contributed by atoms with Crippen molar-refractivity contribution in [2.75, 3.05) is 13.1 Å². The van der Waals surface area contributed by atoms with Gasteiger partial charge in [-0.1, -0.05) is 41.9 Å². The number of rotatable bonds is 5. The summed E-state index contributed by atoms with van der Waals surface area (Å²) in [7, 11) is -3.51. The molecule has 0 amide bonds. The Hall–Kier alpha value is -1.40. The predicted octanol–water partition coefficient (Wildman–Crippen LogP) is 2.18. The van der Waals surface area contributed by atoms with Gasteiger partial charge in [-0.2, -0.15) is 0 Å². The van der Waals surface area contributed by atoms with E-state index in [0.29, 0.717) is 9.92 Å². The Kier molecular flexibility index (Phi) is 4.23. The summed E-state index contributed by atoms with van der Waals surface area (Å²) in [6, 6.07) is 15.7. The molecule has 0 spiro atoms. The van der Waals surface area contributed by atoms with Gasteiger partial charge in [-0.05, 0) is 29.8 Å². The molecule has 2 aromatic carbocycles. The van der Waals surface area contributed by atoms with Crippen LogP contribution in [-0.2, 0) is 9.84 Å². The van der Waals surface area contributed by atoms with E-state index in [1.165, 1.54) is 0 Å². The predicted molar refractivity (Wildman–Crippen MR) is 92.2 cm³/mol. The first-order valence-electron chi connectivity index (χ1n) is 7.42. The highest BCUT2D eigenvalue weighted by molar-refractivity contribution is 7.92. The summed E-state index contributed by atoms with van der Waals surface area (Å²) in [5.74, 6) is -0.235. The van der Waals surface area contributed by atoms with Crippen molar-refractivity contribution in [3.05, 3.63) is 65.2 Å². The van der Waals surface area contributed by atoms with Crippen LogP contribution in [0.1, 0.15) is 11.5 Å². The van der Waals surface area contributed by atoms with E-state index in [4.69, 9.17) is 23.1 Å². The van der Waals surface area contributed by atoms with Gasteiger partial charge in [0.1, 0.15) is 0 Å². The lowest BCUT2D eigenvalue weighted by atomic mass is 9.99. The van der Waals surface area contributed by atoms with E-state index >= 15 is 0 Å². The monoisotopic (exact) mass is 350 g/mol. The van der Waals surface area contributed by atoms with Gasteiger partial charge in [0.25, 0.3) is 0 Å². The fourth-order valence-electron chi connectivity index (χ4n) is 3.47. The van der Waals surface area contributed by atoms with Gasteiger partial charge in [-0.15, -0.1) is 0 Å². The lowest BCUT2D eigenvalue weighted by Gasteiger charge is -2.13. The van der Waals surface area contributed by atoms with E-state index in [-0.39, 0.29) is 19.0 Å². The summed E-state index contributed by atoms with van der Waals surface area (Å²) in [6.45, 7) is 0.439. The van der Waals surface area contributed by atoms with Crippen LogP contribution in [-0.4, -0.2) is 26.8 Å². The SMILES string of the molecule is NCC1(CN)[C@H](S(=O)(=O)c2ccccc2)[C@@H]1c1cccc(Cl)c1. The van der Waals surface area contributed by atoms with E-state index < -0.39 is 20.5 Å². The molecular formula is C17H19ClN2O2S. The van der Waals surface area contributed by atoms with E-state index in [1.54, 1.807) is 42.5 Å². The third-order valence-corrected chi connectivity index (χ3v) is 7.33. The zero-order chi connectivity index (χ0) is 16.7. The van der Waals surface area contributed by atoms with E-state index in [1.807, 2.05) is 12.1 Å². The van der Waals surface area contributed by atoms with Gasteiger partial charge >= 0.3 is 0 Å². The fraction of sp³-hybridized carbons (Fsp3) is 0.294. The molecule has 4 N–H and O–H groups in total. The van der Waals surface area contributed by atoms with Crippen LogP contribution in [0.3, 0.4) is 0 Å². The van der Waals surface area contributed by atoms with Crippen molar-refractivity contribution in [1.82, 2.24) is 0 Å². The molecule has 0 radical (unpaired) electrons. The Morgan fingerprint density at radius 3 is 2.22 bits per heavy atom. The number of sulfone groups is 1. The molecule has 2 atom stereocenters. The zero-order valence-corrected chi connectivity index (χ0v) is 14.1. The van der Waals surface area contributed by atoms with E-state index in [0.717, 1.165) is 5.56 Å². The third kappa shape index (κ3) is 2.58. The first kappa shape index (κ1) is 16.5. The minimum absolute atomic E-state index is 0.220. The Bertz CT molecular complexity index is 804. The maximum absolute atomic E-state index is 13.1. The Labute approximate surface area is 141 Å². The highest BCUT2D eigenvalue weighted by Gasteiger charge is 2.69. The number of benzene rings is 2. The van der Waals surface area contributed by atoms with Crippen molar-refractivity contribution in [3.8, 4) is 0 Å². The van der Waals surface area contributed by atoms with E-state index in [2.05, 4.69) is 0 Å². The quantitative estimate of drug-likeness (QED) is 0.865. The minimum atomic E-state index is -3.51. The second-order valence-electron chi connectivity index (χ2n) is 5.95. The van der Waals surface area contributed by atoms with Gasteiger partial charge < -0.3 is 11.5 Å². The van der Waals surface area contributed by atoms with Crippen LogP contribution >= 0.6 is 11.6 Å². The molecule has 3 rings (SSSR count). The molecule has 1 aliphatic carbocycles. The number of halogens is 1. The van der Waals surface area contributed by atoms with Crippen molar-refractivity contribution in [2.45, 2.75) is 16.1 Å². The van der Waals surface area contributed by atoms with Crippen molar-refractivity contribution < 1.29 is 8.42 Å². The number of nitrogens with two attached hydrogens (primary N) is 2. The molecule has 0 bridgehead atoms. The summed E-state index contributed by atoms with van der Waals surface area (Å²) in [5.41, 5.74) is 12.1. The second-order valence-corrected chi connectivity index (χ2v) is 8.46. The minimum Gasteiger partial charge on any atom is -0.330 e. The van der Waals surface area contributed by atoms with Crippen LogP contribution in [0, 0.1) is 5.41 Å². The average molecular weight is 351 g/mol. The molecule has 0 aromatic heterocycles. The van der Waals surface area contributed by atoms with Crippen LogP contribution in [0.4, 0.5) is 0 Å². The van der Waals surface area contributed by atoms with Crippen molar-refractivity contribution in [3.63, 3.8) is 0 Å². The molecule has 122 valence electrons. The van der Waals surface area contributed by atoms with Gasteiger partial charge in [-0.3, -0.25) is 0 Å². The molecule has 0 aliphatic heterocycles. The van der Waals surface area contributed by atoms with Crippen molar-refractivity contribution in [2.24, 2.45) is 16.9 Å². The van der Waals surface area contributed by atoms with Gasteiger partial charge in [-0.25, -0.2) is 8.42 Å². The van der Waals surface area contributed by atoms with Gasteiger partial charge in [0.15, 0.2) is 9.84 Å². The molecule has 0 heterocycles. The van der Waals surface area contributed by atoms with Crippen LogP contribution in [0.2, 0.25) is 5.02 Å². The van der Waals surface area contributed by atoms with Gasteiger partial charge in [0.05, 0.1) is 10.1 Å². The standard InChI is InChI=1S/C17H19ClN2O2S/c18-13-6-4-5-12(9-13)15-16(17(15,10-19)11-20)23(21,22)14-7-2-1-3-8-14/h1-9,15-16H,10-11,19-20H2/t15-,16+/m0/s1. The summed E-state index contributed by atoms with van der Waals surface area (Å²) in [5, 5.41) is -0.0425. The van der Waals surface area contributed by atoms with Crippen LogP contribution in [0.15, 0.2) is 59.5 Å². The summed E-state index contributed by atoms with van der Waals surface area (Å²) >= 11 is 6.06. The molecule has 2 aromatic rings. The summed E-state index contributed by atoms with van der Waals surface area (Å²) in [6.07, 6.45) is 0. The summed E-state index contributed by atoms with van der Waals surface area (Å²) in [4.78, 5) is 0.306. The van der Waals surface area contributed by atoms with Crippen LogP contribution in [0.5, 0.6) is 0 Å².